The number of carbonyl (C=O) groups is 2. The van der Waals surface area contributed by atoms with Gasteiger partial charge in [-0.05, 0) is 44.5 Å². The molecule has 0 aromatic heterocycles. The Balaban J connectivity index is 0.00000220. The molecule has 1 heterocycles. The molecule has 1 aliphatic heterocycles. The quantitative estimate of drug-likeness (QED) is 0.855. The van der Waals surface area contributed by atoms with E-state index in [9.17, 15) is 9.59 Å². The maximum absolute atomic E-state index is 12.5. The highest BCUT2D eigenvalue weighted by Gasteiger charge is 2.26. The van der Waals surface area contributed by atoms with E-state index in [4.69, 9.17) is 11.6 Å². The number of amides is 2. The molecule has 0 N–H and O–H groups in total. The van der Waals surface area contributed by atoms with E-state index < -0.39 is 0 Å². The van der Waals surface area contributed by atoms with Crippen LogP contribution in [0.1, 0.15) is 25.3 Å². The molecule has 6 heteroatoms. The van der Waals surface area contributed by atoms with Crippen LogP contribution in [0.25, 0.3) is 0 Å². The van der Waals surface area contributed by atoms with Crippen LogP contribution in [0.4, 0.5) is 5.69 Å². The van der Waals surface area contributed by atoms with Crippen molar-refractivity contribution in [1.29, 1.82) is 0 Å². The zero-order chi connectivity index (χ0) is 14.7. The van der Waals surface area contributed by atoms with Crippen LogP contribution in [-0.2, 0) is 9.59 Å². The fourth-order valence-corrected chi connectivity index (χ4v) is 2.87. The van der Waals surface area contributed by atoms with E-state index in [1.54, 1.807) is 6.07 Å². The highest BCUT2D eigenvalue weighted by atomic mass is 35.5. The number of para-hydroxylation sites is 1. The summed E-state index contributed by atoms with van der Waals surface area (Å²) in [5, 5.41) is 0.426. The number of carbonyl (C=O) groups excluding carboxylic acids is 2. The number of likely N-dealkylation sites (tertiary alicyclic amines) is 1. The van der Waals surface area contributed by atoms with Crippen LogP contribution in [0.15, 0.2) is 18.2 Å². The van der Waals surface area contributed by atoms with Gasteiger partial charge < -0.3 is 0 Å². The molecule has 0 spiro atoms. The van der Waals surface area contributed by atoms with Crippen molar-refractivity contribution in [2.75, 3.05) is 24.5 Å². The Morgan fingerprint density at radius 3 is 2.43 bits per heavy atom. The summed E-state index contributed by atoms with van der Waals surface area (Å²) in [6.45, 7) is 5.34. The molecular formula is C15H20Cl2N2O2. The van der Waals surface area contributed by atoms with Gasteiger partial charge in [-0.15, -0.1) is 12.4 Å². The summed E-state index contributed by atoms with van der Waals surface area (Å²) in [7, 11) is 0. The maximum Gasteiger partial charge on any atom is 0.247 e. The van der Waals surface area contributed by atoms with Gasteiger partial charge in [0.15, 0.2) is 0 Å². The van der Waals surface area contributed by atoms with E-state index in [0.717, 1.165) is 31.5 Å². The summed E-state index contributed by atoms with van der Waals surface area (Å²) < 4.78 is 0. The van der Waals surface area contributed by atoms with Gasteiger partial charge in [-0.25, -0.2) is 4.90 Å². The number of halogens is 2. The molecule has 1 fully saturated rings. The molecule has 1 aromatic rings. The third-order valence-electron chi connectivity index (χ3n) is 3.53. The molecule has 2 amide bonds. The van der Waals surface area contributed by atoms with Gasteiger partial charge in [0, 0.05) is 6.92 Å². The van der Waals surface area contributed by atoms with Gasteiger partial charge in [0.25, 0.3) is 0 Å². The average molecular weight is 331 g/mol. The lowest BCUT2D eigenvalue weighted by Gasteiger charge is -2.24. The molecule has 1 aromatic carbocycles. The van der Waals surface area contributed by atoms with Crippen molar-refractivity contribution < 1.29 is 9.59 Å². The Kier molecular flexibility index (Phi) is 6.65. The van der Waals surface area contributed by atoms with E-state index in [-0.39, 0.29) is 30.8 Å². The van der Waals surface area contributed by atoms with Crippen LogP contribution < -0.4 is 4.90 Å². The van der Waals surface area contributed by atoms with E-state index in [0.29, 0.717) is 10.7 Å². The summed E-state index contributed by atoms with van der Waals surface area (Å²) in [5.74, 6) is -0.513. The highest BCUT2D eigenvalue weighted by Crippen LogP contribution is 2.30. The predicted molar refractivity (Wildman–Crippen MR) is 87.3 cm³/mol. The van der Waals surface area contributed by atoms with E-state index in [2.05, 4.69) is 4.90 Å². The Hall–Kier alpha value is -1.10. The zero-order valence-electron chi connectivity index (χ0n) is 12.3. The van der Waals surface area contributed by atoms with E-state index in [1.165, 1.54) is 11.8 Å². The molecule has 21 heavy (non-hydrogen) atoms. The first-order chi connectivity index (χ1) is 9.50. The van der Waals surface area contributed by atoms with Crippen molar-refractivity contribution >= 4 is 41.5 Å². The average Bonchev–Trinajstić information content (AvgIpc) is 2.86. The number of anilines is 1. The highest BCUT2D eigenvalue weighted by molar-refractivity contribution is 6.35. The summed E-state index contributed by atoms with van der Waals surface area (Å²) in [6, 6.07) is 5.35. The first kappa shape index (κ1) is 18.0. The second kappa shape index (κ2) is 7.78. The number of aryl methyl sites for hydroxylation is 1. The number of rotatable bonds is 3. The molecule has 2 rings (SSSR count). The summed E-state index contributed by atoms with van der Waals surface area (Å²) in [5.41, 5.74) is 1.33. The number of hydrogen-bond donors (Lipinski definition) is 0. The minimum Gasteiger partial charge on any atom is -0.294 e. The molecule has 0 radical (unpaired) electrons. The van der Waals surface area contributed by atoms with E-state index in [1.807, 2.05) is 19.1 Å². The Morgan fingerprint density at radius 1 is 1.29 bits per heavy atom. The molecule has 1 aliphatic rings. The van der Waals surface area contributed by atoms with Gasteiger partial charge in [-0.2, -0.15) is 0 Å². The van der Waals surface area contributed by atoms with Gasteiger partial charge >= 0.3 is 0 Å². The largest absolute Gasteiger partial charge is 0.294 e. The number of benzene rings is 1. The van der Waals surface area contributed by atoms with Crippen molar-refractivity contribution in [3.63, 3.8) is 0 Å². The molecule has 0 aliphatic carbocycles. The lowest BCUT2D eigenvalue weighted by atomic mass is 10.1. The van der Waals surface area contributed by atoms with Crippen LogP contribution in [-0.4, -0.2) is 36.3 Å². The lowest BCUT2D eigenvalue weighted by Crippen LogP contribution is -2.42. The van der Waals surface area contributed by atoms with Crippen LogP contribution in [0, 0.1) is 6.92 Å². The second-order valence-corrected chi connectivity index (χ2v) is 5.54. The number of imide groups is 1. The van der Waals surface area contributed by atoms with Crippen LogP contribution in [0.5, 0.6) is 0 Å². The molecule has 1 saturated heterocycles. The SMILES string of the molecule is CC(=O)N(C(=O)CN1CCCC1)c1c(C)cccc1Cl.Cl. The number of nitrogens with zero attached hydrogens (tertiary/aromatic N) is 2. The molecule has 0 saturated carbocycles. The van der Waals surface area contributed by atoms with Gasteiger partial charge in [0.2, 0.25) is 11.8 Å². The van der Waals surface area contributed by atoms with Crippen molar-refractivity contribution in [3.05, 3.63) is 28.8 Å². The molecular weight excluding hydrogens is 311 g/mol. The summed E-state index contributed by atoms with van der Waals surface area (Å²) >= 11 is 6.17. The van der Waals surface area contributed by atoms with Crippen LogP contribution in [0.2, 0.25) is 5.02 Å². The normalized spacial score (nSPS) is 14.6. The lowest BCUT2D eigenvalue weighted by molar-refractivity contribution is -0.126. The van der Waals surface area contributed by atoms with Crippen molar-refractivity contribution in [3.8, 4) is 0 Å². The van der Waals surface area contributed by atoms with Crippen LogP contribution in [0.3, 0.4) is 0 Å². The first-order valence-corrected chi connectivity index (χ1v) is 7.19. The number of hydrogen-bond acceptors (Lipinski definition) is 3. The van der Waals surface area contributed by atoms with Crippen molar-refractivity contribution in [2.45, 2.75) is 26.7 Å². The standard InChI is InChI=1S/C15H19ClN2O2.ClH/c1-11-6-5-7-13(16)15(11)18(12(2)19)14(20)10-17-8-3-4-9-17;/h5-7H,3-4,8-10H2,1-2H3;1H. The fraction of sp³-hybridized carbons (Fsp3) is 0.467. The second-order valence-electron chi connectivity index (χ2n) is 5.14. The fourth-order valence-electron chi connectivity index (χ4n) is 2.57. The Bertz CT molecular complexity index is 508. The molecule has 0 atom stereocenters. The maximum atomic E-state index is 12.5. The summed E-state index contributed by atoms with van der Waals surface area (Å²) in [4.78, 5) is 27.6. The third-order valence-corrected chi connectivity index (χ3v) is 3.84. The van der Waals surface area contributed by atoms with Crippen LogP contribution >= 0.6 is 24.0 Å². The summed E-state index contributed by atoms with van der Waals surface area (Å²) in [6.07, 6.45) is 2.22. The Morgan fingerprint density at radius 2 is 1.90 bits per heavy atom. The zero-order valence-corrected chi connectivity index (χ0v) is 13.8. The molecule has 0 unspecified atom stereocenters. The predicted octanol–water partition coefficient (Wildman–Crippen LogP) is 3.05. The molecule has 116 valence electrons. The molecule has 4 nitrogen and oxygen atoms in total. The monoisotopic (exact) mass is 330 g/mol. The smallest absolute Gasteiger partial charge is 0.247 e. The topological polar surface area (TPSA) is 40.6 Å². The van der Waals surface area contributed by atoms with Crippen molar-refractivity contribution in [1.82, 2.24) is 4.90 Å². The minimum absolute atomic E-state index is 0. The van der Waals surface area contributed by atoms with Crippen molar-refractivity contribution in [2.24, 2.45) is 0 Å². The van der Waals surface area contributed by atoms with E-state index >= 15 is 0 Å². The van der Waals surface area contributed by atoms with Gasteiger partial charge in [0.05, 0.1) is 17.3 Å². The Labute approximate surface area is 136 Å². The van der Waals surface area contributed by atoms with Gasteiger partial charge in [-0.1, -0.05) is 23.7 Å². The molecule has 0 bridgehead atoms. The third kappa shape index (κ3) is 4.19. The van der Waals surface area contributed by atoms with Gasteiger partial charge in [0.1, 0.15) is 0 Å². The minimum atomic E-state index is -0.301. The first-order valence-electron chi connectivity index (χ1n) is 6.81. The van der Waals surface area contributed by atoms with Gasteiger partial charge in [-0.3, -0.25) is 14.5 Å².